The second-order valence-electron chi connectivity index (χ2n) is 9.83. The van der Waals surface area contributed by atoms with Gasteiger partial charge in [0.25, 0.3) is 11.8 Å². The molecule has 0 N–H and O–H groups in total. The number of hydrogen-bond donors (Lipinski definition) is 0. The minimum Gasteiger partial charge on any atom is -0.376 e. The molecule has 2 amide bonds. The fourth-order valence-corrected chi connectivity index (χ4v) is 8.31. The Hall–Kier alpha value is -2.21. The lowest BCUT2D eigenvalue weighted by atomic mass is 10.00. The van der Waals surface area contributed by atoms with Gasteiger partial charge in [0, 0.05) is 61.0 Å². The minimum absolute atomic E-state index is 0.0127. The molecule has 8 nitrogen and oxygen atoms in total. The average Bonchev–Trinajstić information content (AvgIpc) is 3.62. The Morgan fingerprint density at radius 3 is 1.84 bits per heavy atom. The molecular formula is C26H34N4O4S3. The third-order valence-electron chi connectivity index (χ3n) is 7.47. The van der Waals surface area contributed by atoms with E-state index in [1.54, 1.807) is 6.20 Å². The summed E-state index contributed by atoms with van der Waals surface area (Å²) in [6.07, 6.45) is 8.24. The van der Waals surface area contributed by atoms with Gasteiger partial charge in [-0.25, -0.2) is 8.61 Å². The molecule has 0 saturated carbocycles. The quantitative estimate of drug-likeness (QED) is 0.363. The Morgan fingerprint density at radius 2 is 1.35 bits per heavy atom. The second-order valence-corrected chi connectivity index (χ2v) is 13.7. The van der Waals surface area contributed by atoms with Gasteiger partial charge in [-0.2, -0.15) is 8.42 Å². The first-order chi connectivity index (χ1) is 17.9. The molecule has 5 rings (SSSR count). The van der Waals surface area contributed by atoms with E-state index < -0.39 is 22.0 Å². The van der Waals surface area contributed by atoms with Crippen molar-refractivity contribution in [3.05, 3.63) is 56.6 Å². The standard InChI is InChI=1S/C26H34N4O4S3/c31-25-24(20-27-14-8-21(9-15-27)28-12-2-1-3-13-28)26(32)30(17-11-23-7-5-19-36-23)37(33,34)29(25)16-10-22-6-4-18-35-22/h4-7,18-21H,1-3,8-17H2. The molecule has 0 radical (unpaired) electrons. The molecule has 0 aromatic carbocycles. The van der Waals surface area contributed by atoms with Crippen LogP contribution in [0.15, 0.2) is 46.8 Å². The number of piperidine rings is 2. The smallest absolute Gasteiger partial charge is 0.331 e. The van der Waals surface area contributed by atoms with Crippen LogP contribution in [0.5, 0.6) is 0 Å². The first-order valence-electron chi connectivity index (χ1n) is 13.1. The molecule has 3 aliphatic rings. The number of amides is 2. The first kappa shape index (κ1) is 26.4. The van der Waals surface area contributed by atoms with Crippen molar-refractivity contribution in [2.24, 2.45) is 0 Å². The van der Waals surface area contributed by atoms with Crippen LogP contribution in [0.1, 0.15) is 41.9 Å². The van der Waals surface area contributed by atoms with E-state index in [2.05, 4.69) is 4.90 Å². The Kier molecular flexibility index (Phi) is 8.33. The summed E-state index contributed by atoms with van der Waals surface area (Å²) in [5.74, 6) is -1.43. The highest BCUT2D eigenvalue weighted by molar-refractivity contribution is 7.88. The van der Waals surface area contributed by atoms with Crippen LogP contribution in [0.25, 0.3) is 0 Å². The van der Waals surface area contributed by atoms with Crippen LogP contribution in [0.2, 0.25) is 0 Å². The zero-order valence-electron chi connectivity index (χ0n) is 21.0. The molecule has 3 aliphatic heterocycles. The van der Waals surface area contributed by atoms with E-state index in [4.69, 9.17) is 0 Å². The molecule has 5 heterocycles. The maximum Gasteiger partial charge on any atom is 0.331 e. The van der Waals surface area contributed by atoms with Gasteiger partial charge < -0.3 is 9.80 Å². The Labute approximate surface area is 227 Å². The largest absolute Gasteiger partial charge is 0.376 e. The number of hydrogen-bond acceptors (Lipinski definition) is 8. The van der Waals surface area contributed by atoms with Crippen LogP contribution in [0.3, 0.4) is 0 Å². The monoisotopic (exact) mass is 562 g/mol. The van der Waals surface area contributed by atoms with Crippen LogP contribution >= 0.6 is 22.7 Å². The zero-order valence-corrected chi connectivity index (χ0v) is 23.4. The van der Waals surface area contributed by atoms with Gasteiger partial charge in [-0.05, 0) is 61.7 Å². The summed E-state index contributed by atoms with van der Waals surface area (Å²) in [7, 11) is -4.26. The molecule has 37 heavy (non-hydrogen) atoms. The van der Waals surface area contributed by atoms with Crippen molar-refractivity contribution in [2.45, 2.75) is 51.0 Å². The van der Waals surface area contributed by atoms with Gasteiger partial charge in [-0.15, -0.1) is 22.7 Å². The van der Waals surface area contributed by atoms with Crippen LogP contribution < -0.4 is 0 Å². The van der Waals surface area contributed by atoms with Crippen LogP contribution in [0.4, 0.5) is 0 Å². The molecule has 0 aliphatic carbocycles. The molecule has 3 saturated heterocycles. The average molecular weight is 563 g/mol. The molecule has 0 spiro atoms. The zero-order chi connectivity index (χ0) is 25.8. The van der Waals surface area contributed by atoms with Gasteiger partial charge in [-0.3, -0.25) is 9.59 Å². The second kappa shape index (κ2) is 11.7. The molecule has 2 aromatic heterocycles. The van der Waals surface area contributed by atoms with Gasteiger partial charge in [0.05, 0.1) is 0 Å². The van der Waals surface area contributed by atoms with E-state index in [9.17, 15) is 18.0 Å². The van der Waals surface area contributed by atoms with Crippen molar-refractivity contribution in [1.82, 2.24) is 18.4 Å². The van der Waals surface area contributed by atoms with Gasteiger partial charge in [0.2, 0.25) is 0 Å². The third kappa shape index (κ3) is 5.94. The highest BCUT2D eigenvalue weighted by Gasteiger charge is 2.46. The Morgan fingerprint density at radius 1 is 0.811 bits per heavy atom. The topological polar surface area (TPSA) is 81.2 Å². The van der Waals surface area contributed by atoms with Crippen molar-refractivity contribution < 1.29 is 18.0 Å². The number of rotatable bonds is 8. The lowest BCUT2D eigenvalue weighted by molar-refractivity contribution is -0.132. The lowest BCUT2D eigenvalue weighted by Gasteiger charge is -2.40. The van der Waals surface area contributed by atoms with E-state index in [-0.39, 0.29) is 18.7 Å². The summed E-state index contributed by atoms with van der Waals surface area (Å²) in [6.45, 7) is 3.83. The molecule has 0 unspecified atom stereocenters. The molecule has 2 aromatic rings. The number of likely N-dealkylation sites (tertiary alicyclic amines) is 2. The molecule has 3 fully saturated rings. The number of thiophene rings is 2. The summed E-state index contributed by atoms with van der Waals surface area (Å²) >= 11 is 3.05. The summed E-state index contributed by atoms with van der Waals surface area (Å²) in [5.41, 5.74) is -0.0522. The molecule has 0 atom stereocenters. The van der Waals surface area contributed by atoms with Crippen molar-refractivity contribution in [3.8, 4) is 0 Å². The van der Waals surface area contributed by atoms with Crippen LogP contribution in [0, 0.1) is 0 Å². The normalized spacial score (nSPS) is 21.6. The number of carbonyl (C=O) groups excluding carboxylic acids is 2. The first-order valence-corrected chi connectivity index (χ1v) is 16.2. The fourth-order valence-electron chi connectivity index (χ4n) is 5.41. The minimum atomic E-state index is -4.26. The molecular weight excluding hydrogens is 529 g/mol. The SMILES string of the molecule is O=C1C(=CN2CCC(N3CCCCC3)CC2)C(=O)N(CCc2cccs2)S(=O)(=O)N1CCc1cccs1. The summed E-state index contributed by atoms with van der Waals surface area (Å²) < 4.78 is 28.8. The number of carbonyl (C=O) groups is 2. The number of nitrogens with zero attached hydrogens (tertiary/aromatic N) is 4. The summed E-state index contributed by atoms with van der Waals surface area (Å²) in [6, 6.07) is 8.20. The molecule has 11 heteroatoms. The third-order valence-corrected chi connectivity index (χ3v) is 11.2. The highest BCUT2D eigenvalue weighted by Crippen LogP contribution is 2.27. The van der Waals surface area contributed by atoms with E-state index in [0.717, 1.165) is 57.4 Å². The summed E-state index contributed by atoms with van der Waals surface area (Å²) in [5, 5.41) is 3.86. The van der Waals surface area contributed by atoms with Crippen LogP contribution in [-0.4, -0.2) is 84.0 Å². The van der Waals surface area contributed by atoms with Gasteiger partial charge in [0.1, 0.15) is 5.57 Å². The van der Waals surface area contributed by atoms with E-state index >= 15 is 0 Å². The van der Waals surface area contributed by atoms with Crippen molar-refractivity contribution in [1.29, 1.82) is 0 Å². The van der Waals surface area contributed by atoms with Crippen molar-refractivity contribution in [2.75, 3.05) is 39.3 Å². The maximum atomic E-state index is 13.5. The molecule has 200 valence electrons. The van der Waals surface area contributed by atoms with Gasteiger partial charge in [0.15, 0.2) is 0 Å². The van der Waals surface area contributed by atoms with Crippen LogP contribution in [-0.2, 0) is 32.6 Å². The van der Waals surface area contributed by atoms with Crippen molar-refractivity contribution >= 4 is 44.7 Å². The van der Waals surface area contributed by atoms with Gasteiger partial charge in [-0.1, -0.05) is 18.6 Å². The van der Waals surface area contributed by atoms with E-state index in [0.29, 0.717) is 18.9 Å². The van der Waals surface area contributed by atoms with E-state index in [1.807, 2.05) is 39.9 Å². The predicted molar refractivity (Wildman–Crippen MR) is 146 cm³/mol. The lowest BCUT2D eigenvalue weighted by Crippen LogP contribution is -2.57. The van der Waals surface area contributed by atoms with Gasteiger partial charge >= 0.3 is 10.2 Å². The fraction of sp³-hybridized carbons (Fsp3) is 0.538. The highest BCUT2D eigenvalue weighted by atomic mass is 32.2. The van der Waals surface area contributed by atoms with E-state index in [1.165, 1.54) is 41.9 Å². The molecule has 0 bridgehead atoms. The van der Waals surface area contributed by atoms with Crippen molar-refractivity contribution in [3.63, 3.8) is 0 Å². The predicted octanol–water partition coefficient (Wildman–Crippen LogP) is 3.34. The summed E-state index contributed by atoms with van der Waals surface area (Å²) in [4.78, 5) is 33.5. The Bertz CT molecular complexity index is 1130. The Balaban J connectivity index is 1.34. The maximum absolute atomic E-state index is 13.5.